The summed E-state index contributed by atoms with van der Waals surface area (Å²) in [6, 6.07) is 16.8. The molecule has 2 rings (SSSR count). The fourth-order valence-electron chi connectivity index (χ4n) is 2.48. The van der Waals surface area contributed by atoms with Crippen LogP contribution in [0.1, 0.15) is 24.0 Å². The average Bonchev–Trinajstić information content (AvgIpc) is 2.57. The molecule has 0 bridgehead atoms. The fraction of sp³-hybridized carbons (Fsp3) is 0.316. The number of carbonyl (C=O) groups excluding carboxylic acids is 1. The van der Waals surface area contributed by atoms with Gasteiger partial charge in [0.15, 0.2) is 0 Å². The summed E-state index contributed by atoms with van der Waals surface area (Å²) >= 11 is 0. The van der Waals surface area contributed by atoms with Crippen molar-refractivity contribution in [2.75, 3.05) is 17.0 Å². The Hall–Kier alpha value is -2.34. The molecule has 0 aliphatic rings. The number of rotatable bonds is 9. The van der Waals surface area contributed by atoms with E-state index in [2.05, 4.69) is 29.1 Å². The molecule has 0 aliphatic carbocycles. The topological polar surface area (TPSA) is 75.3 Å². The minimum absolute atomic E-state index is 0.103. The van der Waals surface area contributed by atoms with Crippen LogP contribution in [-0.2, 0) is 21.2 Å². The lowest BCUT2D eigenvalue weighted by Crippen LogP contribution is -2.31. The van der Waals surface area contributed by atoms with Crippen LogP contribution in [0.15, 0.2) is 54.6 Å². The number of amides is 1. The summed E-state index contributed by atoms with van der Waals surface area (Å²) in [5.41, 5.74) is 2.98. The second-order valence-corrected chi connectivity index (χ2v) is 7.76. The molecule has 25 heavy (non-hydrogen) atoms. The highest BCUT2D eigenvalue weighted by molar-refractivity contribution is 7.92. The van der Waals surface area contributed by atoms with Crippen LogP contribution in [0.2, 0.25) is 0 Å². The van der Waals surface area contributed by atoms with E-state index in [0.29, 0.717) is 12.1 Å². The highest BCUT2D eigenvalue weighted by Gasteiger charge is 2.11. The van der Waals surface area contributed by atoms with Crippen molar-refractivity contribution >= 4 is 21.6 Å². The molecule has 0 spiro atoms. The molecule has 0 fully saturated rings. The van der Waals surface area contributed by atoms with Gasteiger partial charge in [-0.05, 0) is 43.0 Å². The van der Waals surface area contributed by atoms with Gasteiger partial charge in [0.1, 0.15) is 0 Å². The molecule has 1 amide bonds. The zero-order valence-corrected chi connectivity index (χ0v) is 15.2. The standard InChI is InChI=1S/C19H24N2O3S/c1-16-8-5-6-9-17(16)10-7-13-19(22)20-14-15-25(23,24)21-18-11-3-2-4-12-18/h2-6,8-9,11-12,21H,7,10,13-15H2,1H3,(H,20,22). The number of anilines is 1. The lowest BCUT2D eigenvalue weighted by atomic mass is 10.0. The van der Waals surface area contributed by atoms with Crippen LogP contribution >= 0.6 is 0 Å². The van der Waals surface area contributed by atoms with Crippen molar-refractivity contribution in [3.63, 3.8) is 0 Å². The van der Waals surface area contributed by atoms with Gasteiger partial charge in [0.05, 0.1) is 5.75 Å². The van der Waals surface area contributed by atoms with Crippen molar-refractivity contribution in [1.82, 2.24) is 5.32 Å². The first-order chi connectivity index (χ1) is 12.0. The predicted molar refractivity (Wildman–Crippen MR) is 101 cm³/mol. The van der Waals surface area contributed by atoms with Gasteiger partial charge in [0.2, 0.25) is 15.9 Å². The van der Waals surface area contributed by atoms with Gasteiger partial charge < -0.3 is 5.32 Å². The molecule has 6 heteroatoms. The first-order valence-corrected chi connectivity index (χ1v) is 9.98. The van der Waals surface area contributed by atoms with Crippen molar-refractivity contribution in [3.05, 3.63) is 65.7 Å². The van der Waals surface area contributed by atoms with Gasteiger partial charge in [0.25, 0.3) is 0 Å². The Kier molecular flexibility index (Phi) is 7.01. The normalized spacial score (nSPS) is 11.1. The quantitative estimate of drug-likeness (QED) is 0.722. The van der Waals surface area contributed by atoms with Crippen LogP contribution in [-0.4, -0.2) is 26.6 Å². The Bertz CT molecular complexity index is 789. The Labute approximate surface area is 149 Å². The highest BCUT2D eigenvalue weighted by atomic mass is 32.2. The van der Waals surface area contributed by atoms with Crippen LogP contribution in [0.25, 0.3) is 0 Å². The van der Waals surface area contributed by atoms with Gasteiger partial charge in [-0.3, -0.25) is 9.52 Å². The average molecular weight is 360 g/mol. The van der Waals surface area contributed by atoms with Gasteiger partial charge in [-0.25, -0.2) is 8.42 Å². The summed E-state index contributed by atoms with van der Waals surface area (Å²) in [7, 11) is -3.46. The zero-order chi connectivity index (χ0) is 18.1. The van der Waals surface area contributed by atoms with Gasteiger partial charge in [-0.15, -0.1) is 0 Å². The molecule has 0 unspecified atom stereocenters. The van der Waals surface area contributed by atoms with Crippen molar-refractivity contribution < 1.29 is 13.2 Å². The smallest absolute Gasteiger partial charge is 0.234 e. The summed E-state index contributed by atoms with van der Waals surface area (Å²) in [6.07, 6.45) is 1.97. The van der Waals surface area contributed by atoms with E-state index in [1.54, 1.807) is 24.3 Å². The molecular weight excluding hydrogens is 336 g/mol. The van der Waals surface area contributed by atoms with Gasteiger partial charge in [-0.1, -0.05) is 42.5 Å². The molecule has 5 nitrogen and oxygen atoms in total. The van der Waals surface area contributed by atoms with Gasteiger partial charge in [-0.2, -0.15) is 0 Å². The van der Waals surface area contributed by atoms with Crippen molar-refractivity contribution in [1.29, 1.82) is 0 Å². The molecule has 2 aromatic rings. The maximum atomic E-state index is 12.0. The first kappa shape index (κ1) is 19.0. The molecule has 0 radical (unpaired) electrons. The van der Waals surface area contributed by atoms with Crippen molar-refractivity contribution in [2.45, 2.75) is 26.2 Å². The van der Waals surface area contributed by atoms with E-state index in [1.165, 1.54) is 11.1 Å². The molecule has 0 aliphatic heterocycles. The summed E-state index contributed by atoms with van der Waals surface area (Å²) in [5, 5.41) is 2.67. The number of sulfonamides is 1. The van der Waals surface area contributed by atoms with Crippen LogP contribution in [0.4, 0.5) is 5.69 Å². The Balaban J connectivity index is 1.67. The van der Waals surface area contributed by atoms with Crippen LogP contribution < -0.4 is 10.0 Å². The number of carbonyl (C=O) groups is 1. The number of hydrogen-bond acceptors (Lipinski definition) is 3. The number of aryl methyl sites for hydroxylation is 2. The maximum absolute atomic E-state index is 12.0. The van der Waals surface area contributed by atoms with E-state index in [1.807, 2.05) is 18.2 Å². The maximum Gasteiger partial charge on any atom is 0.234 e. The molecule has 134 valence electrons. The molecule has 0 atom stereocenters. The van der Waals surface area contributed by atoms with Gasteiger partial charge in [0, 0.05) is 18.7 Å². The second-order valence-electron chi connectivity index (χ2n) is 5.92. The molecule has 0 saturated carbocycles. The minimum atomic E-state index is -3.46. The minimum Gasteiger partial charge on any atom is -0.355 e. The summed E-state index contributed by atoms with van der Waals surface area (Å²) in [6.45, 7) is 2.16. The Morgan fingerprint density at radius 3 is 2.40 bits per heavy atom. The predicted octanol–water partition coefficient (Wildman–Crippen LogP) is 2.88. The van der Waals surface area contributed by atoms with Crippen molar-refractivity contribution in [3.8, 4) is 0 Å². The second kappa shape index (κ2) is 9.22. The Morgan fingerprint density at radius 1 is 1.00 bits per heavy atom. The summed E-state index contributed by atoms with van der Waals surface area (Å²) in [5.74, 6) is -0.269. The SMILES string of the molecule is Cc1ccccc1CCCC(=O)NCCS(=O)(=O)Nc1ccccc1. The number of nitrogens with one attached hydrogen (secondary N) is 2. The molecular formula is C19H24N2O3S. The number of hydrogen-bond donors (Lipinski definition) is 2. The molecule has 0 saturated heterocycles. The largest absolute Gasteiger partial charge is 0.355 e. The molecule has 0 heterocycles. The van der Waals surface area contributed by atoms with E-state index in [9.17, 15) is 13.2 Å². The van der Waals surface area contributed by atoms with E-state index in [-0.39, 0.29) is 18.2 Å². The van der Waals surface area contributed by atoms with Gasteiger partial charge >= 0.3 is 0 Å². The zero-order valence-electron chi connectivity index (χ0n) is 14.4. The third kappa shape index (κ3) is 6.97. The van der Waals surface area contributed by atoms with Crippen LogP contribution in [0.3, 0.4) is 0 Å². The first-order valence-electron chi connectivity index (χ1n) is 8.33. The number of para-hydroxylation sites is 1. The van der Waals surface area contributed by atoms with E-state index in [0.717, 1.165) is 12.8 Å². The van der Waals surface area contributed by atoms with E-state index < -0.39 is 10.0 Å². The number of benzene rings is 2. The van der Waals surface area contributed by atoms with Crippen LogP contribution in [0.5, 0.6) is 0 Å². The van der Waals surface area contributed by atoms with Crippen molar-refractivity contribution in [2.24, 2.45) is 0 Å². The third-order valence-corrected chi connectivity index (χ3v) is 5.14. The fourth-order valence-corrected chi connectivity index (χ4v) is 3.45. The Morgan fingerprint density at radius 2 is 1.68 bits per heavy atom. The highest BCUT2D eigenvalue weighted by Crippen LogP contribution is 2.10. The van der Waals surface area contributed by atoms with Crippen LogP contribution in [0, 0.1) is 6.92 Å². The monoisotopic (exact) mass is 360 g/mol. The summed E-state index contributed by atoms with van der Waals surface area (Å²) < 4.78 is 26.4. The van der Waals surface area contributed by atoms with E-state index >= 15 is 0 Å². The third-order valence-electron chi connectivity index (χ3n) is 3.85. The molecule has 2 aromatic carbocycles. The lowest BCUT2D eigenvalue weighted by Gasteiger charge is -2.09. The van der Waals surface area contributed by atoms with E-state index in [4.69, 9.17) is 0 Å². The summed E-state index contributed by atoms with van der Waals surface area (Å²) in [4.78, 5) is 11.8. The molecule has 0 aromatic heterocycles. The lowest BCUT2D eigenvalue weighted by molar-refractivity contribution is -0.121. The molecule has 2 N–H and O–H groups in total.